The van der Waals surface area contributed by atoms with E-state index >= 15 is 0 Å². The summed E-state index contributed by atoms with van der Waals surface area (Å²) in [6, 6.07) is 12.5. The summed E-state index contributed by atoms with van der Waals surface area (Å²) < 4.78 is 7.09. The van der Waals surface area contributed by atoms with Crippen molar-refractivity contribution in [3.63, 3.8) is 0 Å². The van der Waals surface area contributed by atoms with E-state index in [1.165, 1.54) is 10.3 Å². The lowest BCUT2D eigenvalue weighted by Gasteiger charge is -2.09. The van der Waals surface area contributed by atoms with Gasteiger partial charge in [0, 0.05) is 6.04 Å². The van der Waals surface area contributed by atoms with E-state index in [0.717, 1.165) is 22.0 Å². The highest BCUT2D eigenvalue weighted by Crippen LogP contribution is 2.31. The van der Waals surface area contributed by atoms with Gasteiger partial charge in [0.15, 0.2) is 10.8 Å². The van der Waals surface area contributed by atoms with Crippen LogP contribution >= 0.6 is 11.3 Å². The molecule has 0 aliphatic heterocycles. The zero-order chi connectivity index (χ0) is 14.8. The second-order valence-electron chi connectivity index (χ2n) is 5.09. The van der Waals surface area contributed by atoms with Crippen LogP contribution in [0.25, 0.3) is 27.1 Å². The maximum atomic E-state index is 5.91. The van der Waals surface area contributed by atoms with Gasteiger partial charge < -0.3 is 9.73 Å². The number of furan rings is 1. The number of rotatable bonds is 4. The number of aromatic nitrogens is 1. The number of likely N-dealkylation sites (N-methyl/N-ethyl adjacent to an activating group) is 1. The van der Waals surface area contributed by atoms with Gasteiger partial charge in [0.05, 0.1) is 10.2 Å². The van der Waals surface area contributed by atoms with Gasteiger partial charge in [-0.2, -0.15) is 0 Å². The van der Waals surface area contributed by atoms with Crippen molar-refractivity contribution in [3.8, 4) is 10.8 Å². The summed E-state index contributed by atoms with van der Waals surface area (Å²) in [5.41, 5.74) is 2.26. The van der Waals surface area contributed by atoms with Gasteiger partial charge in [0.1, 0.15) is 5.76 Å². The summed E-state index contributed by atoms with van der Waals surface area (Å²) in [7, 11) is 1.96. The molecule has 0 aliphatic carbocycles. The Morgan fingerprint density at radius 2 is 2.10 bits per heavy atom. The minimum atomic E-state index is 0.334. The van der Waals surface area contributed by atoms with Gasteiger partial charge in [-0.15, -0.1) is 11.3 Å². The van der Waals surface area contributed by atoms with Crippen LogP contribution in [0.2, 0.25) is 0 Å². The Bertz CT molecular complexity index is 752. The van der Waals surface area contributed by atoms with Crippen molar-refractivity contribution in [2.75, 3.05) is 7.05 Å². The fraction of sp³-hybridized carbons (Fsp3) is 0.235. The van der Waals surface area contributed by atoms with Crippen LogP contribution in [0, 0.1) is 0 Å². The first-order valence-electron chi connectivity index (χ1n) is 6.98. The molecule has 0 fully saturated rings. The van der Waals surface area contributed by atoms with Crippen LogP contribution in [0.3, 0.4) is 0 Å². The molecule has 2 heterocycles. The largest absolute Gasteiger partial charge is 0.454 e. The van der Waals surface area contributed by atoms with Crippen molar-refractivity contribution in [1.82, 2.24) is 10.3 Å². The number of hydrogen-bond acceptors (Lipinski definition) is 4. The average molecular weight is 298 g/mol. The molecule has 0 saturated carbocycles. The maximum Gasteiger partial charge on any atom is 0.163 e. The Labute approximate surface area is 128 Å². The summed E-state index contributed by atoms with van der Waals surface area (Å²) in [4.78, 5) is 4.62. The lowest BCUT2D eigenvalue weighted by atomic mass is 10.1. The molecule has 0 saturated heterocycles. The first-order chi connectivity index (χ1) is 10.2. The van der Waals surface area contributed by atoms with E-state index in [1.54, 1.807) is 11.3 Å². The highest BCUT2D eigenvalue weighted by Gasteiger charge is 2.10. The van der Waals surface area contributed by atoms with Crippen LogP contribution in [0.4, 0.5) is 0 Å². The van der Waals surface area contributed by atoms with Gasteiger partial charge in [0.2, 0.25) is 0 Å². The molecule has 4 heteroatoms. The molecule has 0 amide bonds. The molecular formula is C17H18N2OS. The molecule has 1 unspecified atom stereocenters. The number of nitrogens with zero attached hydrogens (tertiary/aromatic N) is 1. The lowest BCUT2D eigenvalue weighted by molar-refractivity contribution is 0.569. The number of benzene rings is 1. The second kappa shape index (κ2) is 5.84. The van der Waals surface area contributed by atoms with Crippen LogP contribution in [0.5, 0.6) is 0 Å². The van der Waals surface area contributed by atoms with Crippen molar-refractivity contribution in [3.05, 3.63) is 47.7 Å². The van der Waals surface area contributed by atoms with Gasteiger partial charge in [0.25, 0.3) is 0 Å². The van der Waals surface area contributed by atoms with E-state index in [2.05, 4.69) is 36.3 Å². The Morgan fingerprint density at radius 1 is 1.29 bits per heavy atom. The normalized spacial score (nSPS) is 13.8. The van der Waals surface area contributed by atoms with Crippen molar-refractivity contribution in [1.29, 1.82) is 0 Å². The summed E-state index contributed by atoms with van der Waals surface area (Å²) >= 11 is 1.66. The minimum Gasteiger partial charge on any atom is -0.454 e. The molecule has 108 valence electrons. The molecule has 1 aromatic carbocycles. The highest BCUT2D eigenvalue weighted by atomic mass is 32.1. The molecule has 1 atom stereocenters. The SMILES string of the molecule is CNC(C)/C(C)=C/c1ccc(-c2nc3ccccc3s2)o1. The zero-order valence-electron chi connectivity index (χ0n) is 12.4. The number of thiazole rings is 1. The molecule has 3 nitrogen and oxygen atoms in total. The average Bonchev–Trinajstić information content (AvgIpc) is 3.12. The fourth-order valence-corrected chi connectivity index (χ4v) is 3.03. The standard InChI is InChI=1S/C17H18N2OS/c1-11(12(2)18-3)10-13-8-9-15(20-13)17-19-14-6-4-5-7-16(14)21-17/h4-10,12,18H,1-3H3/b11-10+. The van der Waals surface area contributed by atoms with Gasteiger partial charge >= 0.3 is 0 Å². The smallest absolute Gasteiger partial charge is 0.163 e. The van der Waals surface area contributed by atoms with Gasteiger partial charge in [-0.1, -0.05) is 17.7 Å². The molecule has 1 N–H and O–H groups in total. The second-order valence-corrected chi connectivity index (χ2v) is 6.12. The monoisotopic (exact) mass is 298 g/mol. The summed E-state index contributed by atoms with van der Waals surface area (Å²) in [5, 5.41) is 4.15. The van der Waals surface area contributed by atoms with Gasteiger partial charge in [-0.3, -0.25) is 0 Å². The Hall–Kier alpha value is -1.91. The van der Waals surface area contributed by atoms with Crippen LogP contribution in [0.15, 0.2) is 46.4 Å². The third kappa shape index (κ3) is 2.91. The molecule has 21 heavy (non-hydrogen) atoms. The molecule has 3 aromatic rings. The predicted octanol–water partition coefficient (Wildman–Crippen LogP) is 4.57. The molecule has 0 radical (unpaired) electrons. The van der Waals surface area contributed by atoms with Gasteiger partial charge in [-0.05, 0) is 51.2 Å². The van der Waals surface area contributed by atoms with Crippen LogP contribution in [-0.4, -0.2) is 18.1 Å². The first kappa shape index (κ1) is 14.0. The van der Waals surface area contributed by atoms with Crippen molar-refractivity contribution < 1.29 is 4.42 Å². The van der Waals surface area contributed by atoms with Crippen molar-refractivity contribution in [2.24, 2.45) is 0 Å². The quantitative estimate of drug-likeness (QED) is 0.767. The maximum absolute atomic E-state index is 5.91. The first-order valence-corrected chi connectivity index (χ1v) is 7.80. The summed E-state index contributed by atoms with van der Waals surface area (Å²) in [6.07, 6.45) is 2.07. The highest BCUT2D eigenvalue weighted by molar-refractivity contribution is 7.21. The zero-order valence-corrected chi connectivity index (χ0v) is 13.2. The van der Waals surface area contributed by atoms with E-state index in [9.17, 15) is 0 Å². The van der Waals surface area contributed by atoms with E-state index in [0.29, 0.717) is 6.04 Å². The number of hydrogen-bond donors (Lipinski definition) is 1. The summed E-state index contributed by atoms with van der Waals surface area (Å²) in [5.74, 6) is 1.69. The van der Waals surface area contributed by atoms with E-state index in [-0.39, 0.29) is 0 Å². The van der Waals surface area contributed by atoms with Crippen LogP contribution in [-0.2, 0) is 0 Å². The Morgan fingerprint density at radius 3 is 2.86 bits per heavy atom. The molecular weight excluding hydrogens is 280 g/mol. The molecule has 0 spiro atoms. The fourth-order valence-electron chi connectivity index (χ4n) is 2.10. The number of para-hydroxylation sites is 1. The third-order valence-corrected chi connectivity index (χ3v) is 4.67. The molecule has 2 aromatic heterocycles. The molecule has 0 bridgehead atoms. The number of fused-ring (bicyclic) bond motifs is 1. The topological polar surface area (TPSA) is 38.1 Å². The predicted molar refractivity (Wildman–Crippen MR) is 89.5 cm³/mol. The Balaban J connectivity index is 1.91. The minimum absolute atomic E-state index is 0.334. The van der Waals surface area contributed by atoms with Crippen molar-refractivity contribution >= 4 is 27.6 Å². The summed E-state index contributed by atoms with van der Waals surface area (Å²) in [6.45, 7) is 4.23. The molecule has 0 aliphatic rings. The molecule has 3 rings (SSSR count). The number of nitrogens with one attached hydrogen (secondary N) is 1. The van der Waals surface area contributed by atoms with E-state index in [4.69, 9.17) is 4.42 Å². The lowest BCUT2D eigenvalue weighted by Crippen LogP contribution is -2.21. The van der Waals surface area contributed by atoms with Crippen molar-refractivity contribution in [2.45, 2.75) is 19.9 Å². The van der Waals surface area contributed by atoms with E-state index < -0.39 is 0 Å². The van der Waals surface area contributed by atoms with Crippen LogP contribution < -0.4 is 5.32 Å². The third-order valence-electron chi connectivity index (χ3n) is 3.62. The van der Waals surface area contributed by atoms with Gasteiger partial charge in [-0.25, -0.2) is 4.98 Å². The Kier molecular flexibility index (Phi) is 3.90. The van der Waals surface area contributed by atoms with Crippen LogP contribution in [0.1, 0.15) is 19.6 Å². The van der Waals surface area contributed by atoms with E-state index in [1.807, 2.05) is 37.4 Å².